The number of benzene rings is 1. The Kier molecular flexibility index (Phi) is 4.64. The van der Waals surface area contributed by atoms with Crippen LogP contribution in [-0.4, -0.2) is 26.6 Å². The lowest BCUT2D eigenvalue weighted by Gasteiger charge is -2.16. The van der Waals surface area contributed by atoms with E-state index < -0.39 is 27.4 Å². The maximum Gasteiger partial charge on any atom is 0.573 e. The summed E-state index contributed by atoms with van der Waals surface area (Å²) in [6.45, 7) is 1.19. The zero-order valence-corrected chi connectivity index (χ0v) is 10.8. The van der Waals surface area contributed by atoms with E-state index in [9.17, 15) is 21.6 Å². The summed E-state index contributed by atoms with van der Waals surface area (Å²) >= 11 is 0. The summed E-state index contributed by atoms with van der Waals surface area (Å²) in [5.41, 5.74) is 4.93. The fraction of sp³-hybridized carbons (Fsp3) is 0.400. The van der Waals surface area contributed by atoms with Crippen LogP contribution in [0.5, 0.6) is 5.75 Å². The van der Waals surface area contributed by atoms with Crippen LogP contribution in [0.1, 0.15) is 6.92 Å². The number of alkyl halides is 3. The molecule has 1 unspecified atom stereocenters. The summed E-state index contributed by atoms with van der Waals surface area (Å²) in [5.74, 6) is -0.622. The monoisotopic (exact) mass is 298 g/mol. The van der Waals surface area contributed by atoms with Crippen molar-refractivity contribution in [1.29, 1.82) is 0 Å². The predicted molar refractivity (Wildman–Crippen MR) is 64.2 cm³/mol. The van der Waals surface area contributed by atoms with E-state index in [1.807, 2.05) is 4.72 Å². The number of hydrogen-bond acceptors (Lipinski definition) is 4. The van der Waals surface area contributed by atoms with Crippen molar-refractivity contribution in [2.24, 2.45) is 5.73 Å². The molecule has 5 nitrogen and oxygen atoms in total. The lowest BCUT2D eigenvalue weighted by molar-refractivity contribution is -0.274. The van der Waals surface area contributed by atoms with Crippen LogP contribution < -0.4 is 15.2 Å². The average Bonchev–Trinajstić information content (AvgIpc) is 2.28. The van der Waals surface area contributed by atoms with E-state index in [0.29, 0.717) is 0 Å². The highest BCUT2D eigenvalue weighted by molar-refractivity contribution is 7.93. The van der Waals surface area contributed by atoms with Gasteiger partial charge in [-0.3, -0.25) is 4.72 Å². The largest absolute Gasteiger partial charge is 0.573 e. The Hall–Kier alpha value is -1.48. The van der Waals surface area contributed by atoms with E-state index in [4.69, 9.17) is 5.73 Å². The zero-order valence-electron chi connectivity index (χ0n) is 9.94. The number of ether oxygens (including phenoxy) is 1. The van der Waals surface area contributed by atoms with Gasteiger partial charge < -0.3 is 10.5 Å². The van der Waals surface area contributed by atoms with Crippen LogP contribution in [0.2, 0.25) is 0 Å². The highest BCUT2D eigenvalue weighted by atomic mass is 32.2. The number of anilines is 1. The van der Waals surface area contributed by atoms with Crippen LogP contribution in [0.3, 0.4) is 0 Å². The van der Waals surface area contributed by atoms with E-state index in [-0.39, 0.29) is 12.2 Å². The third-order valence-electron chi connectivity index (χ3n) is 2.23. The molecule has 0 aliphatic rings. The number of nitrogens with one attached hydrogen (secondary N) is 1. The van der Waals surface area contributed by atoms with Crippen molar-refractivity contribution >= 4 is 15.7 Å². The van der Waals surface area contributed by atoms with Gasteiger partial charge >= 0.3 is 6.36 Å². The van der Waals surface area contributed by atoms with E-state index in [2.05, 4.69) is 4.74 Å². The van der Waals surface area contributed by atoms with Gasteiger partial charge in [0.1, 0.15) is 0 Å². The van der Waals surface area contributed by atoms with Crippen molar-refractivity contribution in [2.75, 3.05) is 11.3 Å². The molecule has 0 aliphatic carbocycles. The summed E-state index contributed by atoms with van der Waals surface area (Å²) in [5, 5.41) is -0.938. The number of hydrogen-bond donors (Lipinski definition) is 2. The molecule has 19 heavy (non-hydrogen) atoms. The molecule has 0 saturated heterocycles. The maximum atomic E-state index is 12.2. The van der Waals surface area contributed by atoms with Crippen LogP contribution in [0, 0.1) is 0 Å². The van der Waals surface area contributed by atoms with Gasteiger partial charge in [-0.05, 0) is 19.1 Å². The topological polar surface area (TPSA) is 81.4 Å². The Bertz CT molecular complexity index is 531. The molecule has 1 aromatic carbocycles. The second kappa shape index (κ2) is 5.66. The highest BCUT2D eigenvalue weighted by Gasteiger charge is 2.32. The number of rotatable bonds is 5. The second-order valence-electron chi connectivity index (χ2n) is 3.74. The molecule has 1 rings (SSSR count). The number of para-hydroxylation sites is 2. The molecule has 0 radical (unpaired) electrons. The molecule has 1 aromatic rings. The fourth-order valence-electron chi connectivity index (χ4n) is 1.15. The number of nitrogens with two attached hydrogens (primary N) is 1. The normalized spacial score (nSPS) is 13.9. The highest BCUT2D eigenvalue weighted by Crippen LogP contribution is 2.30. The average molecular weight is 298 g/mol. The van der Waals surface area contributed by atoms with Crippen molar-refractivity contribution in [3.05, 3.63) is 24.3 Å². The minimum Gasteiger partial charge on any atom is -0.404 e. The summed E-state index contributed by atoms with van der Waals surface area (Å²) in [7, 11) is -3.86. The molecule has 1 atom stereocenters. The Balaban J connectivity index is 3.02. The van der Waals surface area contributed by atoms with Gasteiger partial charge in [0.2, 0.25) is 10.0 Å². The van der Waals surface area contributed by atoms with Crippen molar-refractivity contribution in [3.63, 3.8) is 0 Å². The quantitative estimate of drug-likeness (QED) is 0.866. The molecule has 108 valence electrons. The molecular formula is C10H13F3N2O3S. The zero-order chi connectivity index (χ0) is 14.7. The van der Waals surface area contributed by atoms with Gasteiger partial charge in [-0.2, -0.15) is 0 Å². The molecule has 0 bridgehead atoms. The molecule has 9 heteroatoms. The van der Waals surface area contributed by atoms with Gasteiger partial charge in [-0.25, -0.2) is 8.42 Å². The van der Waals surface area contributed by atoms with Gasteiger partial charge in [0.05, 0.1) is 10.9 Å². The van der Waals surface area contributed by atoms with Crippen LogP contribution >= 0.6 is 0 Å². The van der Waals surface area contributed by atoms with Gasteiger partial charge in [-0.1, -0.05) is 12.1 Å². The standard InChI is InChI=1S/C10H13F3N2O3S/c1-7(6-14)19(16,17)15-8-4-2-3-5-9(8)18-10(11,12)13/h2-5,7,15H,6,14H2,1H3. The summed E-state index contributed by atoms with van der Waals surface area (Å²) in [4.78, 5) is 0. The van der Waals surface area contributed by atoms with E-state index in [1.165, 1.54) is 25.1 Å². The van der Waals surface area contributed by atoms with Crippen molar-refractivity contribution in [2.45, 2.75) is 18.5 Å². The number of halogens is 3. The molecule has 0 fully saturated rings. The van der Waals surface area contributed by atoms with Gasteiger partial charge in [0, 0.05) is 6.54 Å². The summed E-state index contributed by atoms with van der Waals surface area (Å²) in [6, 6.07) is 4.86. The first-order chi connectivity index (χ1) is 8.65. The van der Waals surface area contributed by atoms with Crippen molar-refractivity contribution in [3.8, 4) is 5.75 Å². The molecule has 0 aromatic heterocycles. The molecule has 3 N–H and O–H groups in total. The molecule has 0 amide bonds. The maximum absolute atomic E-state index is 12.2. The molecule has 0 spiro atoms. The molecule has 0 heterocycles. The smallest absolute Gasteiger partial charge is 0.404 e. The molecule has 0 saturated carbocycles. The second-order valence-corrected chi connectivity index (χ2v) is 5.84. The Morgan fingerprint density at radius 1 is 1.37 bits per heavy atom. The van der Waals surface area contributed by atoms with Gasteiger partial charge in [0.25, 0.3) is 0 Å². The third kappa shape index (κ3) is 4.60. The lowest BCUT2D eigenvalue weighted by atomic mass is 10.3. The Morgan fingerprint density at radius 2 is 1.95 bits per heavy atom. The molecule has 0 aliphatic heterocycles. The van der Waals surface area contributed by atoms with Crippen LogP contribution in [0.4, 0.5) is 18.9 Å². The van der Waals surface area contributed by atoms with E-state index in [0.717, 1.165) is 6.07 Å². The first kappa shape index (κ1) is 15.6. The van der Waals surface area contributed by atoms with E-state index in [1.54, 1.807) is 0 Å². The summed E-state index contributed by atoms with van der Waals surface area (Å²) in [6.07, 6.45) is -4.90. The lowest BCUT2D eigenvalue weighted by Crippen LogP contribution is -2.32. The van der Waals surface area contributed by atoms with Gasteiger partial charge in [0.15, 0.2) is 5.75 Å². The number of sulfonamides is 1. The van der Waals surface area contributed by atoms with Crippen molar-refractivity contribution < 1.29 is 26.3 Å². The van der Waals surface area contributed by atoms with Crippen LogP contribution in [-0.2, 0) is 10.0 Å². The Morgan fingerprint density at radius 3 is 2.47 bits per heavy atom. The first-order valence-corrected chi connectivity index (χ1v) is 6.77. The molecular weight excluding hydrogens is 285 g/mol. The predicted octanol–water partition coefficient (Wildman–Crippen LogP) is 1.67. The first-order valence-electron chi connectivity index (χ1n) is 5.22. The van der Waals surface area contributed by atoms with Crippen molar-refractivity contribution in [1.82, 2.24) is 0 Å². The SMILES string of the molecule is CC(CN)S(=O)(=O)Nc1ccccc1OC(F)(F)F. The fourth-order valence-corrected chi connectivity index (χ4v) is 2.07. The Labute approximate surface area is 108 Å². The summed E-state index contributed by atoms with van der Waals surface area (Å²) < 4.78 is 65.7. The van der Waals surface area contributed by atoms with Crippen LogP contribution in [0.25, 0.3) is 0 Å². The van der Waals surface area contributed by atoms with Crippen LogP contribution in [0.15, 0.2) is 24.3 Å². The minimum absolute atomic E-state index is 0.155. The van der Waals surface area contributed by atoms with E-state index >= 15 is 0 Å². The third-order valence-corrected chi connectivity index (χ3v) is 3.98. The minimum atomic E-state index is -4.90. The van der Waals surface area contributed by atoms with Gasteiger partial charge in [-0.15, -0.1) is 13.2 Å².